The maximum Gasteiger partial charge on any atom is 0.237 e. The van der Waals surface area contributed by atoms with Gasteiger partial charge in [-0.1, -0.05) is 6.92 Å². The van der Waals surface area contributed by atoms with Crippen molar-refractivity contribution in [3.63, 3.8) is 0 Å². The molecule has 0 aromatic carbocycles. The van der Waals surface area contributed by atoms with Crippen LogP contribution in [-0.2, 0) is 16.1 Å². The predicted molar refractivity (Wildman–Crippen MR) is 75.1 cm³/mol. The van der Waals surface area contributed by atoms with Gasteiger partial charge in [-0.3, -0.25) is 9.69 Å². The van der Waals surface area contributed by atoms with Crippen molar-refractivity contribution < 1.29 is 9.53 Å². The fourth-order valence-corrected chi connectivity index (χ4v) is 2.85. The Balaban J connectivity index is 1.94. The second kappa shape index (κ2) is 6.83. The molecule has 1 unspecified atom stereocenters. The number of carbonyl (C=O) groups excluding carboxylic acids is 1. The van der Waals surface area contributed by atoms with Gasteiger partial charge in [0, 0.05) is 30.7 Å². The minimum atomic E-state index is -0.331. The number of nitrogens with one attached hydrogen (secondary N) is 1. The van der Waals surface area contributed by atoms with Crippen molar-refractivity contribution in [1.82, 2.24) is 9.88 Å². The molecule has 1 fully saturated rings. The van der Waals surface area contributed by atoms with Crippen LogP contribution in [0, 0.1) is 0 Å². The molecule has 1 aromatic heterocycles. The van der Waals surface area contributed by atoms with E-state index in [1.165, 1.54) is 0 Å². The van der Waals surface area contributed by atoms with Crippen molar-refractivity contribution in [2.24, 2.45) is 5.73 Å². The number of nitrogens with two attached hydrogens (primary N) is 1. The first-order valence-corrected chi connectivity index (χ1v) is 7.32. The Morgan fingerprint density at radius 2 is 2.58 bits per heavy atom. The van der Waals surface area contributed by atoms with Gasteiger partial charge in [-0.2, -0.15) is 0 Å². The van der Waals surface area contributed by atoms with E-state index in [1.54, 1.807) is 11.3 Å². The lowest BCUT2D eigenvalue weighted by Crippen LogP contribution is -2.51. The Kier molecular flexibility index (Phi) is 5.12. The largest absolute Gasteiger partial charge is 0.378 e. The summed E-state index contributed by atoms with van der Waals surface area (Å²) in [6, 6.07) is -0.331. The molecule has 19 heavy (non-hydrogen) atoms. The monoisotopic (exact) mass is 284 g/mol. The lowest BCUT2D eigenvalue weighted by atomic mass is 10.2. The summed E-state index contributed by atoms with van der Waals surface area (Å²) in [5, 5.41) is 4.19. The number of primary amides is 1. The van der Waals surface area contributed by atoms with Crippen LogP contribution in [0.3, 0.4) is 0 Å². The first-order valence-electron chi connectivity index (χ1n) is 6.50. The molecule has 1 aliphatic heterocycles. The van der Waals surface area contributed by atoms with Gasteiger partial charge in [0.1, 0.15) is 6.04 Å². The van der Waals surface area contributed by atoms with Gasteiger partial charge in [-0.25, -0.2) is 4.98 Å². The maximum atomic E-state index is 11.4. The lowest BCUT2D eigenvalue weighted by molar-refractivity contribution is -0.129. The number of nitrogens with zero attached hydrogens (tertiary/aromatic N) is 2. The highest BCUT2D eigenvalue weighted by Gasteiger charge is 2.27. The number of hydrogen-bond acceptors (Lipinski definition) is 6. The Bertz CT molecular complexity index is 424. The number of anilines is 1. The van der Waals surface area contributed by atoms with E-state index in [9.17, 15) is 4.79 Å². The summed E-state index contributed by atoms with van der Waals surface area (Å²) in [7, 11) is 0. The van der Waals surface area contributed by atoms with E-state index in [2.05, 4.69) is 22.1 Å². The number of rotatable bonds is 6. The summed E-state index contributed by atoms with van der Waals surface area (Å²) in [5.41, 5.74) is 5.40. The molecule has 2 rings (SSSR count). The highest BCUT2D eigenvalue weighted by molar-refractivity contribution is 7.15. The molecule has 0 saturated carbocycles. The quantitative estimate of drug-likeness (QED) is 0.802. The highest BCUT2D eigenvalue weighted by atomic mass is 32.1. The molecule has 7 heteroatoms. The third-order valence-electron chi connectivity index (χ3n) is 3.01. The topological polar surface area (TPSA) is 80.5 Å². The van der Waals surface area contributed by atoms with Crippen molar-refractivity contribution in [3.8, 4) is 0 Å². The van der Waals surface area contributed by atoms with Gasteiger partial charge in [0.15, 0.2) is 5.13 Å². The summed E-state index contributed by atoms with van der Waals surface area (Å²) < 4.78 is 5.30. The Labute approximate surface area is 116 Å². The lowest BCUT2D eigenvalue weighted by Gasteiger charge is -2.32. The average molecular weight is 284 g/mol. The van der Waals surface area contributed by atoms with Crippen LogP contribution in [0.25, 0.3) is 0 Å². The summed E-state index contributed by atoms with van der Waals surface area (Å²) in [6.45, 7) is 5.49. The van der Waals surface area contributed by atoms with Gasteiger partial charge in [0.25, 0.3) is 0 Å². The summed E-state index contributed by atoms with van der Waals surface area (Å²) >= 11 is 1.62. The summed E-state index contributed by atoms with van der Waals surface area (Å²) in [5.74, 6) is -0.325. The Morgan fingerprint density at radius 3 is 3.32 bits per heavy atom. The molecule has 1 aromatic rings. The Morgan fingerprint density at radius 1 is 1.74 bits per heavy atom. The summed E-state index contributed by atoms with van der Waals surface area (Å²) in [6.07, 6.45) is 2.93. The number of aromatic nitrogens is 1. The smallest absolute Gasteiger partial charge is 0.237 e. The SMILES string of the molecule is CCCNc1ncc(CN2CCOCC2C(N)=O)s1. The van der Waals surface area contributed by atoms with Crippen molar-refractivity contribution in [1.29, 1.82) is 0 Å². The molecule has 1 amide bonds. The third-order valence-corrected chi connectivity index (χ3v) is 3.95. The van der Waals surface area contributed by atoms with Crippen molar-refractivity contribution in [3.05, 3.63) is 11.1 Å². The molecule has 6 nitrogen and oxygen atoms in total. The van der Waals surface area contributed by atoms with Crippen LogP contribution in [0.15, 0.2) is 6.20 Å². The van der Waals surface area contributed by atoms with Crippen LogP contribution >= 0.6 is 11.3 Å². The van der Waals surface area contributed by atoms with Crippen molar-refractivity contribution in [2.45, 2.75) is 25.9 Å². The molecule has 3 N–H and O–H groups in total. The molecule has 2 heterocycles. The van der Waals surface area contributed by atoms with Crippen LogP contribution in [-0.4, -0.2) is 48.1 Å². The second-order valence-electron chi connectivity index (χ2n) is 4.52. The van der Waals surface area contributed by atoms with Crippen LogP contribution in [0.5, 0.6) is 0 Å². The van der Waals surface area contributed by atoms with E-state index in [-0.39, 0.29) is 11.9 Å². The van der Waals surface area contributed by atoms with E-state index in [0.717, 1.165) is 29.5 Å². The number of morpholine rings is 1. The molecule has 0 spiro atoms. The number of ether oxygens (including phenoxy) is 1. The van der Waals surface area contributed by atoms with Gasteiger partial charge in [-0.05, 0) is 6.42 Å². The van der Waals surface area contributed by atoms with E-state index in [1.807, 2.05) is 6.20 Å². The van der Waals surface area contributed by atoms with Crippen LogP contribution in [0.2, 0.25) is 0 Å². The zero-order valence-corrected chi connectivity index (χ0v) is 11.9. The molecule has 1 aliphatic rings. The van der Waals surface area contributed by atoms with Gasteiger partial charge < -0.3 is 15.8 Å². The number of carbonyl (C=O) groups is 1. The predicted octanol–water partition coefficient (Wildman–Crippen LogP) is 0.651. The van der Waals surface area contributed by atoms with Crippen LogP contribution < -0.4 is 11.1 Å². The van der Waals surface area contributed by atoms with E-state index >= 15 is 0 Å². The maximum absolute atomic E-state index is 11.4. The number of amides is 1. The fourth-order valence-electron chi connectivity index (χ4n) is 1.98. The number of hydrogen-bond donors (Lipinski definition) is 2. The Hall–Kier alpha value is -1.18. The molecular formula is C12H20N4O2S. The molecule has 106 valence electrons. The van der Waals surface area contributed by atoms with Crippen molar-refractivity contribution in [2.75, 3.05) is 31.6 Å². The highest BCUT2D eigenvalue weighted by Crippen LogP contribution is 2.21. The van der Waals surface area contributed by atoms with Gasteiger partial charge in [0.05, 0.1) is 13.2 Å². The average Bonchev–Trinajstić information content (AvgIpc) is 2.84. The van der Waals surface area contributed by atoms with E-state index in [4.69, 9.17) is 10.5 Å². The number of thiazole rings is 1. The van der Waals surface area contributed by atoms with E-state index in [0.29, 0.717) is 19.8 Å². The molecule has 0 bridgehead atoms. The van der Waals surface area contributed by atoms with Gasteiger partial charge in [0.2, 0.25) is 5.91 Å². The minimum Gasteiger partial charge on any atom is -0.378 e. The van der Waals surface area contributed by atoms with Crippen molar-refractivity contribution >= 4 is 22.4 Å². The second-order valence-corrected chi connectivity index (χ2v) is 5.64. The zero-order chi connectivity index (χ0) is 13.7. The van der Waals surface area contributed by atoms with Gasteiger partial charge in [-0.15, -0.1) is 11.3 Å². The standard InChI is InChI=1S/C12H20N4O2S/c1-2-3-14-12-15-6-9(19-12)7-16-4-5-18-8-10(16)11(13)17/h6,10H,2-5,7-8H2,1H3,(H2,13,17)(H,14,15). The van der Waals surface area contributed by atoms with Crippen LogP contribution in [0.4, 0.5) is 5.13 Å². The van der Waals surface area contributed by atoms with Crippen LogP contribution in [0.1, 0.15) is 18.2 Å². The molecule has 0 radical (unpaired) electrons. The minimum absolute atomic E-state index is 0.325. The zero-order valence-electron chi connectivity index (χ0n) is 11.1. The first-order chi connectivity index (χ1) is 9.20. The third kappa shape index (κ3) is 3.89. The molecule has 1 saturated heterocycles. The molecular weight excluding hydrogens is 264 g/mol. The fraction of sp³-hybridized carbons (Fsp3) is 0.667. The molecule has 0 aliphatic carbocycles. The first kappa shape index (κ1) is 14.2. The normalized spacial score (nSPS) is 20.4. The summed E-state index contributed by atoms with van der Waals surface area (Å²) in [4.78, 5) is 18.9. The molecule has 1 atom stereocenters. The van der Waals surface area contributed by atoms with Gasteiger partial charge >= 0.3 is 0 Å². The van der Waals surface area contributed by atoms with E-state index < -0.39 is 0 Å².